The van der Waals surface area contributed by atoms with Gasteiger partial charge >= 0.3 is 5.97 Å². The maximum Gasteiger partial charge on any atom is 0.310 e. The number of non-ortho nitro benzene ring substituents is 1. The molecule has 1 aromatic carbocycles. The van der Waals surface area contributed by atoms with Crippen LogP contribution in [0.4, 0.5) is 10.1 Å². The van der Waals surface area contributed by atoms with Gasteiger partial charge in [0, 0.05) is 11.6 Å². The van der Waals surface area contributed by atoms with E-state index in [0.717, 1.165) is 6.07 Å². The zero-order valence-electron chi connectivity index (χ0n) is 9.47. The molecule has 0 aliphatic heterocycles. The monoisotopic (exact) mass is 252 g/mol. The van der Waals surface area contributed by atoms with Gasteiger partial charge in [0.05, 0.1) is 35.7 Å². The molecule has 0 heterocycles. The summed E-state index contributed by atoms with van der Waals surface area (Å²) >= 11 is 0. The van der Waals surface area contributed by atoms with Crippen LogP contribution in [0.25, 0.3) is 0 Å². The van der Waals surface area contributed by atoms with Crippen molar-refractivity contribution in [1.82, 2.24) is 0 Å². The Morgan fingerprint density at radius 1 is 1.61 bits per heavy atom. The zero-order valence-corrected chi connectivity index (χ0v) is 9.47. The molecule has 0 aliphatic carbocycles. The third-order valence-electron chi connectivity index (χ3n) is 2.14. The van der Waals surface area contributed by atoms with Gasteiger partial charge in [-0.05, 0) is 6.92 Å². The minimum absolute atomic E-state index is 0.134. The summed E-state index contributed by atoms with van der Waals surface area (Å²) in [5.41, 5.74) is -0.965. The average Bonchev–Trinajstić information content (AvgIpc) is 2.31. The lowest BCUT2D eigenvalue weighted by molar-refractivity contribution is -0.385. The summed E-state index contributed by atoms with van der Waals surface area (Å²) in [4.78, 5) is 20.9. The van der Waals surface area contributed by atoms with Crippen LogP contribution in [0.2, 0.25) is 0 Å². The lowest BCUT2D eigenvalue weighted by atomic mass is 10.0. The summed E-state index contributed by atoms with van der Waals surface area (Å²) in [7, 11) is 0. The lowest BCUT2D eigenvalue weighted by Crippen LogP contribution is -2.10. The maximum atomic E-state index is 13.6. The molecule has 0 radical (unpaired) electrons. The topological polar surface area (TPSA) is 93.2 Å². The van der Waals surface area contributed by atoms with Crippen LogP contribution in [0.5, 0.6) is 0 Å². The van der Waals surface area contributed by atoms with E-state index in [1.807, 2.05) is 0 Å². The van der Waals surface area contributed by atoms with Gasteiger partial charge in [-0.15, -0.1) is 0 Å². The number of carbonyl (C=O) groups excluding carboxylic acids is 1. The Bertz CT molecular complexity index is 537. The number of esters is 1. The molecule has 7 heteroatoms. The molecule has 0 saturated heterocycles. The molecule has 0 unspecified atom stereocenters. The van der Waals surface area contributed by atoms with Crippen molar-refractivity contribution >= 4 is 11.7 Å². The number of ether oxygens (including phenoxy) is 1. The van der Waals surface area contributed by atoms with Crippen molar-refractivity contribution in [1.29, 1.82) is 5.26 Å². The van der Waals surface area contributed by atoms with E-state index in [2.05, 4.69) is 4.74 Å². The second-order valence-electron chi connectivity index (χ2n) is 3.30. The summed E-state index contributed by atoms with van der Waals surface area (Å²) in [6.45, 7) is 1.73. The first kappa shape index (κ1) is 13.6. The van der Waals surface area contributed by atoms with E-state index in [1.165, 1.54) is 0 Å². The van der Waals surface area contributed by atoms with E-state index in [9.17, 15) is 19.3 Å². The Balaban J connectivity index is 3.16. The maximum absolute atomic E-state index is 13.6. The van der Waals surface area contributed by atoms with Gasteiger partial charge in [-0.3, -0.25) is 14.9 Å². The van der Waals surface area contributed by atoms with Crippen molar-refractivity contribution in [2.75, 3.05) is 6.61 Å². The van der Waals surface area contributed by atoms with Crippen LogP contribution >= 0.6 is 0 Å². The van der Waals surface area contributed by atoms with Gasteiger partial charge in [-0.25, -0.2) is 4.39 Å². The molecule has 1 rings (SSSR count). The summed E-state index contributed by atoms with van der Waals surface area (Å²) in [5.74, 6) is -1.66. The molecule has 1 aromatic rings. The van der Waals surface area contributed by atoms with Crippen molar-refractivity contribution in [2.24, 2.45) is 0 Å². The minimum atomic E-state index is -0.964. The molecule has 0 N–H and O–H groups in total. The molecule has 0 bridgehead atoms. The molecular formula is C11H9FN2O4. The highest BCUT2D eigenvalue weighted by Gasteiger charge is 2.19. The largest absolute Gasteiger partial charge is 0.466 e. The zero-order chi connectivity index (χ0) is 13.7. The molecule has 0 saturated carbocycles. The van der Waals surface area contributed by atoms with Crippen molar-refractivity contribution in [2.45, 2.75) is 13.3 Å². The average molecular weight is 252 g/mol. The van der Waals surface area contributed by atoms with Crippen LogP contribution < -0.4 is 0 Å². The molecule has 18 heavy (non-hydrogen) atoms. The number of benzene rings is 1. The van der Waals surface area contributed by atoms with Gasteiger partial charge in [0.1, 0.15) is 5.82 Å². The Hall–Kier alpha value is -2.49. The number of rotatable bonds is 4. The molecule has 94 valence electrons. The summed E-state index contributed by atoms with van der Waals surface area (Å²) < 4.78 is 18.2. The van der Waals surface area contributed by atoms with Crippen LogP contribution in [-0.4, -0.2) is 17.5 Å². The number of halogens is 1. The molecule has 0 fully saturated rings. The first-order valence-corrected chi connectivity index (χ1v) is 5.02. The van der Waals surface area contributed by atoms with Gasteiger partial charge in [0.2, 0.25) is 0 Å². The summed E-state index contributed by atoms with van der Waals surface area (Å²) in [5, 5.41) is 19.3. The Morgan fingerprint density at radius 3 is 2.78 bits per heavy atom. The smallest absolute Gasteiger partial charge is 0.310 e. The molecule has 0 aliphatic rings. The molecule has 0 spiro atoms. The van der Waals surface area contributed by atoms with E-state index < -0.39 is 28.8 Å². The van der Waals surface area contributed by atoms with E-state index in [-0.39, 0.29) is 17.7 Å². The van der Waals surface area contributed by atoms with Gasteiger partial charge in [-0.1, -0.05) is 0 Å². The number of nitro benzene ring substituents is 1. The first-order valence-electron chi connectivity index (χ1n) is 5.02. The van der Waals surface area contributed by atoms with Crippen molar-refractivity contribution in [3.63, 3.8) is 0 Å². The highest BCUT2D eigenvalue weighted by molar-refractivity contribution is 5.74. The third kappa shape index (κ3) is 3.01. The number of nitrogens with zero attached hydrogens (tertiary/aromatic N) is 2. The Morgan fingerprint density at radius 2 is 2.28 bits per heavy atom. The normalized spacial score (nSPS) is 9.61. The van der Waals surface area contributed by atoms with Crippen LogP contribution in [0.3, 0.4) is 0 Å². The quantitative estimate of drug-likeness (QED) is 0.462. The number of carbonyl (C=O) groups is 1. The molecule has 0 amide bonds. The second kappa shape index (κ2) is 5.72. The Labute approximate surface area is 102 Å². The minimum Gasteiger partial charge on any atom is -0.466 e. The van der Waals surface area contributed by atoms with Gasteiger partial charge < -0.3 is 4.74 Å². The fourth-order valence-electron chi connectivity index (χ4n) is 1.36. The van der Waals surface area contributed by atoms with Gasteiger partial charge in [-0.2, -0.15) is 5.26 Å². The number of nitriles is 1. The third-order valence-corrected chi connectivity index (χ3v) is 2.14. The Kier molecular flexibility index (Phi) is 4.32. The standard InChI is InChI=1S/C11H9FN2O4/c1-2-18-11(15)5-9-7(6-13)3-8(14(16)17)4-10(9)12/h3-4H,2,5H2,1H3. The van der Waals surface area contributed by atoms with Crippen molar-refractivity contribution < 1.29 is 18.8 Å². The first-order chi connectivity index (χ1) is 8.49. The van der Waals surface area contributed by atoms with E-state index in [4.69, 9.17) is 5.26 Å². The predicted molar refractivity (Wildman–Crippen MR) is 58.1 cm³/mol. The van der Waals surface area contributed by atoms with Crippen LogP contribution in [0, 0.1) is 27.3 Å². The number of hydrogen-bond acceptors (Lipinski definition) is 5. The van der Waals surface area contributed by atoms with Crippen molar-refractivity contribution in [3.8, 4) is 6.07 Å². The fraction of sp³-hybridized carbons (Fsp3) is 0.273. The summed E-state index contributed by atoms with van der Waals surface area (Å²) in [6.07, 6.45) is -0.430. The fourth-order valence-corrected chi connectivity index (χ4v) is 1.36. The van der Waals surface area contributed by atoms with E-state index in [0.29, 0.717) is 6.07 Å². The predicted octanol–water partition coefficient (Wildman–Crippen LogP) is 1.71. The van der Waals surface area contributed by atoms with E-state index >= 15 is 0 Å². The molecular weight excluding hydrogens is 243 g/mol. The highest BCUT2D eigenvalue weighted by Crippen LogP contribution is 2.22. The number of hydrogen-bond donors (Lipinski definition) is 0. The SMILES string of the molecule is CCOC(=O)Cc1c(F)cc([N+](=O)[O-])cc1C#N. The summed E-state index contributed by atoms with van der Waals surface area (Å²) in [6, 6.07) is 3.23. The molecule has 0 atom stereocenters. The van der Waals surface area contributed by atoms with Gasteiger partial charge in [0.15, 0.2) is 0 Å². The van der Waals surface area contributed by atoms with Gasteiger partial charge in [0.25, 0.3) is 5.69 Å². The number of nitro groups is 1. The van der Waals surface area contributed by atoms with E-state index in [1.54, 1.807) is 13.0 Å². The van der Waals surface area contributed by atoms with Crippen LogP contribution in [-0.2, 0) is 16.0 Å². The second-order valence-corrected chi connectivity index (χ2v) is 3.30. The van der Waals surface area contributed by atoms with Crippen molar-refractivity contribution in [3.05, 3.63) is 39.2 Å². The van der Waals surface area contributed by atoms with Crippen LogP contribution in [0.15, 0.2) is 12.1 Å². The lowest BCUT2D eigenvalue weighted by Gasteiger charge is -2.05. The highest BCUT2D eigenvalue weighted by atomic mass is 19.1. The molecule has 0 aromatic heterocycles. The van der Waals surface area contributed by atoms with Crippen LogP contribution in [0.1, 0.15) is 18.1 Å². The molecule has 6 nitrogen and oxygen atoms in total.